The summed E-state index contributed by atoms with van der Waals surface area (Å²) in [5, 5.41) is 6.06. The Bertz CT molecular complexity index is 1210. The molecule has 0 aromatic heterocycles. The SMILES string of the molecule is COC(=O)CSc1cccc(NC(=O)/C(=C\c2c(Cl)cccc2Cl)NC(=O)c2ccccc2)c1. The normalized spacial score (nSPS) is 11.0. The lowest BCUT2D eigenvalue weighted by Crippen LogP contribution is -2.30. The number of hydrogen-bond donors (Lipinski definition) is 2. The van der Waals surface area contributed by atoms with Gasteiger partial charge in [0.2, 0.25) is 0 Å². The first-order chi connectivity index (χ1) is 16.4. The van der Waals surface area contributed by atoms with Crippen LogP contribution < -0.4 is 10.6 Å². The second-order valence-corrected chi connectivity index (χ2v) is 8.72. The maximum Gasteiger partial charge on any atom is 0.315 e. The Morgan fingerprint density at radius 1 is 0.941 bits per heavy atom. The van der Waals surface area contributed by atoms with Gasteiger partial charge in [-0.15, -0.1) is 11.8 Å². The number of methoxy groups -OCH3 is 1. The molecule has 0 saturated heterocycles. The van der Waals surface area contributed by atoms with Gasteiger partial charge in [-0.3, -0.25) is 14.4 Å². The number of benzene rings is 3. The fourth-order valence-electron chi connectivity index (χ4n) is 2.80. The van der Waals surface area contributed by atoms with Crippen LogP contribution in [-0.2, 0) is 14.3 Å². The van der Waals surface area contributed by atoms with E-state index in [0.29, 0.717) is 26.9 Å². The van der Waals surface area contributed by atoms with Crippen molar-refractivity contribution in [1.82, 2.24) is 5.32 Å². The number of amides is 2. The van der Waals surface area contributed by atoms with E-state index in [-0.39, 0.29) is 17.4 Å². The van der Waals surface area contributed by atoms with Crippen molar-refractivity contribution < 1.29 is 19.1 Å². The quantitative estimate of drug-likeness (QED) is 0.230. The van der Waals surface area contributed by atoms with Gasteiger partial charge in [0.15, 0.2) is 0 Å². The summed E-state index contributed by atoms with van der Waals surface area (Å²) < 4.78 is 4.65. The topological polar surface area (TPSA) is 84.5 Å². The molecule has 9 heteroatoms. The van der Waals surface area contributed by atoms with Gasteiger partial charge in [-0.2, -0.15) is 0 Å². The molecule has 0 fully saturated rings. The first kappa shape index (κ1) is 25.4. The van der Waals surface area contributed by atoms with Gasteiger partial charge in [-0.05, 0) is 48.5 Å². The van der Waals surface area contributed by atoms with Gasteiger partial charge in [0.05, 0.1) is 12.9 Å². The van der Waals surface area contributed by atoms with Crippen LogP contribution in [0.3, 0.4) is 0 Å². The predicted molar refractivity (Wildman–Crippen MR) is 136 cm³/mol. The van der Waals surface area contributed by atoms with Gasteiger partial charge in [0.25, 0.3) is 11.8 Å². The molecular weight excluding hydrogens is 495 g/mol. The molecule has 3 aromatic carbocycles. The third-order valence-corrected chi connectivity index (χ3v) is 6.12. The summed E-state index contributed by atoms with van der Waals surface area (Å²) in [6.07, 6.45) is 1.43. The predicted octanol–water partition coefficient (Wildman–Crippen LogP) is 5.67. The number of thioether (sulfide) groups is 1. The van der Waals surface area contributed by atoms with E-state index in [0.717, 1.165) is 4.90 Å². The van der Waals surface area contributed by atoms with Gasteiger partial charge in [-0.1, -0.05) is 53.5 Å². The molecule has 0 saturated carbocycles. The van der Waals surface area contributed by atoms with Crippen molar-refractivity contribution in [2.45, 2.75) is 4.90 Å². The van der Waals surface area contributed by atoms with Crippen LogP contribution in [0, 0.1) is 0 Å². The molecule has 0 bridgehead atoms. The minimum Gasteiger partial charge on any atom is -0.468 e. The van der Waals surface area contributed by atoms with E-state index in [1.807, 2.05) is 0 Å². The molecule has 6 nitrogen and oxygen atoms in total. The van der Waals surface area contributed by atoms with Crippen molar-refractivity contribution in [3.05, 3.63) is 99.7 Å². The monoisotopic (exact) mass is 514 g/mol. The fourth-order valence-corrected chi connectivity index (χ4v) is 4.09. The highest BCUT2D eigenvalue weighted by atomic mass is 35.5. The van der Waals surface area contributed by atoms with Gasteiger partial charge in [0.1, 0.15) is 5.70 Å². The van der Waals surface area contributed by atoms with Crippen LogP contribution in [0.2, 0.25) is 10.0 Å². The Kier molecular flexibility index (Phi) is 9.16. The highest BCUT2D eigenvalue weighted by Gasteiger charge is 2.17. The number of carbonyl (C=O) groups excluding carboxylic acids is 3. The highest BCUT2D eigenvalue weighted by Crippen LogP contribution is 2.27. The first-order valence-corrected chi connectivity index (χ1v) is 11.7. The van der Waals surface area contributed by atoms with Crippen LogP contribution in [0.25, 0.3) is 6.08 Å². The number of esters is 1. The minimum atomic E-state index is -0.574. The van der Waals surface area contributed by atoms with Crippen molar-refractivity contribution in [3.63, 3.8) is 0 Å². The lowest BCUT2D eigenvalue weighted by molar-refractivity contribution is -0.137. The van der Waals surface area contributed by atoms with Crippen LogP contribution in [-0.4, -0.2) is 30.6 Å². The van der Waals surface area contributed by atoms with Crippen molar-refractivity contribution in [2.24, 2.45) is 0 Å². The summed E-state index contributed by atoms with van der Waals surface area (Å²) in [7, 11) is 1.32. The maximum atomic E-state index is 13.2. The smallest absolute Gasteiger partial charge is 0.315 e. The highest BCUT2D eigenvalue weighted by molar-refractivity contribution is 8.00. The standard InChI is InChI=1S/C25H20Cl2N2O4S/c1-33-23(30)15-34-18-10-5-9-17(13-18)28-25(32)22(14-19-20(26)11-6-12-21(19)27)29-24(31)16-7-3-2-4-8-16/h2-14H,15H2,1H3,(H,28,32)(H,29,31)/b22-14+. The third kappa shape index (κ3) is 7.12. The zero-order valence-electron chi connectivity index (χ0n) is 18.0. The molecule has 3 aromatic rings. The lowest BCUT2D eigenvalue weighted by Gasteiger charge is -2.13. The van der Waals surface area contributed by atoms with Crippen molar-refractivity contribution in [3.8, 4) is 0 Å². The van der Waals surface area contributed by atoms with E-state index >= 15 is 0 Å². The number of ether oxygens (including phenoxy) is 1. The van der Waals surface area contributed by atoms with Crippen LogP contribution in [0.5, 0.6) is 0 Å². The molecule has 0 radical (unpaired) electrons. The lowest BCUT2D eigenvalue weighted by atomic mass is 10.1. The van der Waals surface area contributed by atoms with E-state index in [4.69, 9.17) is 23.2 Å². The largest absolute Gasteiger partial charge is 0.468 e. The van der Waals surface area contributed by atoms with Gasteiger partial charge in [-0.25, -0.2) is 0 Å². The molecule has 0 aliphatic carbocycles. The van der Waals surface area contributed by atoms with E-state index in [1.54, 1.807) is 72.8 Å². The van der Waals surface area contributed by atoms with E-state index in [2.05, 4.69) is 15.4 Å². The molecule has 0 aliphatic heterocycles. The van der Waals surface area contributed by atoms with Crippen molar-refractivity contribution in [1.29, 1.82) is 0 Å². The number of hydrogen-bond acceptors (Lipinski definition) is 5. The van der Waals surface area contributed by atoms with Crippen LogP contribution in [0.1, 0.15) is 15.9 Å². The zero-order valence-corrected chi connectivity index (χ0v) is 20.3. The zero-order chi connectivity index (χ0) is 24.5. The Morgan fingerprint density at radius 3 is 2.29 bits per heavy atom. The van der Waals surface area contributed by atoms with E-state index < -0.39 is 11.8 Å². The fraction of sp³-hybridized carbons (Fsp3) is 0.0800. The number of anilines is 1. The molecule has 34 heavy (non-hydrogen) atoms. The minimum absolute atomic E-state index is 0.0449. The first-order valence-electron chi connectivity index (χ1n) is 10.0. The Morgan fingerprint density at radius 2 is 1.62 bits per heavy atom. The summed E-state index contributed by atoms with van der Waals surface area (Å²) in [6, 6.07) is 20.4. The third-order valence-electron chi connectivity index (χ3n) is 4.49. The number of rotatable bonds is 8. The molecule has 0 spiro atoms. The second-order valence-electron chi connectivity index (χ2n) is 6.86. The molecule has 0 heterocycles. The maximum absolute atomic E-state index is 13.2. The molecule has 2 N–H and O–H groups in total. The molecule has 0 unspecified atom stereocenters. The summed E-state index contributed by atoms with van der Waals surface area (Å²) in [5.74, 6) is -1.26. The van der Waals surface area contributed by atoms with Gasteiger partial charge >= 0.3 is 5.97 Å². The second kappa shape index (κ2) is 12.3. The average Bonchev–Trinajstić information content (AvgIpc) is 2.84. The molecular formula is C25H20Cl2N2O4S. The average molecular weight is 515 g/mol. The Balaban J connectivity index is 1.87. The Labute approximate surface area is 211 Å². The summed E-state index contributed by atoms with van der Waals surface area (Å²) in [5.41, 5.74) is 1.21. The van der Waals surface area contributed by atoms with Crippen LogP contribution in [0.4, 0.5) is 5.69 Å². The summed E-state index contributed by atoms with van der Waals surface area (Å²) >= 11 is 13.8. The van der Waals surface area contributed by atoms with Crippen LogP contribution in [0.15, 0.2) is 83.4 Å². The molecule has 0 atom stereocenters. The van der Waals surface area contributed by atoms with Crippen molar-refractivity contribution in [2.75, 3.05) is 18.2 Å². The summed E-state index contributed by atoms with van der Waals surface area (Å²) in [6.45, 7) is 0. The Hall–Kier alpha value is -3.26. The van der Waals surface area contributed by atoms with Gasteiger partial charge < -0.3 is 15.4 Å². The molecule has 174 valence electrons. The molecule has 2 amide bonds. The summed E-state index contributed by atoms with van der Waals surface area (Å²) in [4.78, 5) is 38.1. The number of halogens is 2. The molecule has 0 aliphatic rings. The van der Waals surface area contributed by atoms with Crippen molar-refractivity contribution >= 4 is 64.5 Å². The van der Waals surface area contributed by atoms with E-state index in [1.165, 1.54) is 24.9 Å². The van der Waals surface area contributed by atoms with Crippen LogP contribution >= 0.6 is 35.0 Å². The van der Waals surface area contributed by atoms with Gasteiger partial charge in [0, 0.05) is 31.8 Å². The molecule has 3 rings (SSSR count). The van der Waals surface area contributed by atoms with E-state index in [9.17, 15) is 14.4 Å². The number of carbonyl (C=O) groups is 3. The number of nitrogens with one attached hydrogen (secondary N) is 2.